The number of amides is 1. The molecule has 0 unspecified atom stereocenters. The second-order valence-electron chi connectivity index (χ2n) is 7.46. The maximum atomic E-state index is 13.1. The predicted molar refractivity (Wildman–Crippen MR) is 118 cm³/mol. The lowest BCUT2D eigenvalue weighted by Gasteiger charge is -2.36. The highest BCUT2D eigenvalue weighted by atomic mass is 32.1. The molecule has 0 bridgehead atoms. The van der Waals surface area contributed by atoms with E-state index in [1.54, 1.807) is 18.9 Å². The van der Waals surface area contributed by atoms with Gasteiger partial charge in [0.05, 0.1) is 24.1 Å². The number of piperazine rings is 1. The van der Waals surface area contributed by atoms with Gasteiger partial charge in [0, 0.05) is 31.7 Å². The summed E-state index contributed by atoms with van der Waals surface area (Å²) >= 11 is 1.21. The number of hydrogen-bond acceptors (Lipinski definition) is 5. The SMILES string of the molecule is COc1ccccc1N1CCN(C(=O)c2sc(-c3ccc(C(F)(F)F)cc3)nc2C)CC1. The van der Waals surface area contributed by atoms with Crippen LogP contribution < -0.4 is 9.64 Å². The first-order valence-electron chi connectivity index (χ1n) is 10.1. The van der Waals surface area contributed by atoms with Crippen molar-refractivity contribution in [3.8, 4) is 16.3 Å². The number of para-hydroxylation sites is 2. The first kappa shape index (κ1) is 22.1. The van der Waals surface area contributed by atoms with Crippen molar-refractivity contribution in [1.29, 1.82) is 0 Å². The molecule has 0 saturated carbocycles. The van der Waals surface area contributed by atoms with E-state index in [2.05, 4.69) is 9.88 Å². The lowest BCUT2D eigenvalue weighted by molar-refractivity contribution is -0.137. The van der Waals surface area contributed by atoms with Gasteiger partial charge < -0.3 is 14.5 Å². The number of anilines is 1. The van der Waals surface area contributed by atoms with Crippen molar-refractivity contribution < 1.29 is 22.7 Å². The summed E-state index contributed by atoms with van der Waals surface area (Å²) in [7, 11) is 1.64. The zero-order valence-electron chi connectivity index (χ0n) is 17.6. The van der Waals surface area contributed by atoms with Crippen LogP contribution in [0.4, 0.5) is 18.9 Å². The third-order valence-corrected chi connectivity index (χ3v) is 6.64. The van der Waals surface area contributed by atoms with Crippen LogP contribution in [0, 0.1) is 6.92 Å². The van der Waals surface area contributed by atoms with Crippen molar-refractivity contribution in [3.05, 3.63) is 64.7 Å². The Hall–Kier alpha value is -3.07. The van der Waals surface area contributed by atoms with Crippen LogP contribution in [0.3, 0.4) is 0 Å². The number of hydrogen-bond donors (Lipinski definition) is 0. The fourth-order valence-electron chi connectivity index (χ4n) is 3.71. The van der Waals surface area contributed by atoms with E-state index in [1.807, 2.05) is 24.3 Å². The van der Waals surface area contributed by atoms with Crippen LogP contribution in [-0.2, 0) is 6.18 Å². The molecule has 0 spiro atoms. The zero-order chi connectivity index (χ0) is 22.9. The minimum Gasteiger partial charge on any atom is -0.495 e. The normalized spacial score (nSPS) is 14.5. The number of aromatic nitrogens is 1. The number of carbonyl (C=O) groups is 1. The molecule has 2 aromatic carbocycles. The summed E-state index contributed by atoms with van der Waals surface area (Å²) in [4.78, 5) is 22.1. The molecule has 1 fully saturated rings. The zero-order valence-corrected chi connectivity index (χ0v) is 18.5. The molecule has 4 rings (SSSR count). The Morgan fingerprint density at radius 3 is 2.31 bits per heavy atom. The highest BCUT2D eigenvalue weighted by Gasteiger charge is 2.30. The summed E-state index contributed by atoms with van der Waals surface area (Å²) < 4.78 is 43.9. The molecule has 0 aliphatic carbocycles. The van der Waals surface area contributed by atoms with Crippen molar-refractivity contribution in [3.63, 3.8) is 0 Å². The van der Waals surface area contributed by atoms with Crippen molar-refractivity contribution in [2.75, 3.05) is 38.2 Å². The Balaban J connectivity index is 1.46. The molecule has 0 N–H and O–H groups in total. The molecule has 0 atom stereocenters. The minimum absolute atomic E-state index is 0.0992. The monoisotopic (exact) mass is 461 g/mol. The lowest BCUT2D eigenvalue weighted by atomic mass is 10.1. The van der Waals surface area contributed by atoms with Crippen LogP contribution in [0.5, 0.6) is 5.75 Å². The molecule has 9 heteroatoms. The molecule has 1 aromatic heterocycles. The number of thiazole rings is 1. The van der Waals surface area contributed by atoms with Crippen LogP contribution in [-0.4, -0.2) is 49.1 Å². The van der Waals surface area contributed by atoms with Gasteiger partial charge in [0.1, 0.15) is 15.6 Å². The van der Waals surface area contributed by atoms with Gasteiger partial charge in [0.15, 0.2) is 0 Å². The molecule has 0 radical (unpaired) electrons. The molecular formula is C23H22F3N3O2S. The first-order valence-corrected chi connectivity index (χ1v) is 10.9. The maximum Gasteiger partial charge on any atom is 0.416 e. The molecule has 5 nitrogen and oxygen atoms in total. The van der Waals surface area contributed by atoms with Gasteiger partial charge in [-0.1, -0.05) is 24.3 Å². The van der Waals surface area contributed by atoms with Gasteiger partial charge in [-0.2, -0.15) is 13.2 Å². The Kier molecular flexibility index (Phi) is 6.10. The summed E-state index contributed by atoms with van der Waals surface area (Å²) in [6.45, 7) is 4.22. The lowest BCUT2D eigenvalue weighted by Crippen LogP contribution is -2.48. The second-order valence-corrected chi connectivity index (χ2v) is 8.46. The molecule has 2 heterocycles. The second kappa shape index (κ2) is 8.82. The van der Waals surface area contributed by atoms with Crippen LogP contribution in [0.1, 0.15) is 20.9 Å². The van der Waals surface area contributed by atoms with E-state index < -0.39 is 11.7 Å². The van der Waals surface area contributed by atoms with Crippen molar-refractivity contribution >= 4 is 22.9 Å². The maximum absolute atomic E-state index is 13.1. The van der Waals surface area contributed by atoms with Gasteiger partial charge in [-0.05, 0) is 31.2 Å². The molecule has 32 heavy (non-hydrogen) atoms. The Bertz CT molecular complexity index is 1100. The van der Waals surface area contributed by atoms with E-state index in [9.17, 15) is 18.0 Å². The number of rotatable bonds is 4. The van der Waals surface area contributed by atoms with Gasteiger partial charge in [-0.3, -0.25) is 4.79 Å². The van der Waals surface area contributed by atoms with E-state index in [1.165, 1.54) is 23.5 Å². The predicted octanol–water partition coefficient (Wildman–Crippen LogP) is 5.11. The van der Waals surface area contributed by atoms with E-state index in [0.717, 1.165) is 23.6 Å². The molecule has 1 amide bonds. The Morgan fingerprint density at radius 2 is 1.69 bits per heavy atom. The molecular weight excluding hydrogens is 439 g/mol. The minimum atomic E-state index is -4.38. The van der Waals surface area contributed by atoms with E-state index in [0.29, 0.717) is 47.3 Å². The highest BCUT2D eigenvalue weighted by Crippen LogP contribution is 2.34. The molecule has 3 aromatic rings. The number of benzene rings is 2. The summed E-state index contributed by atoms with van der Waals surface area (Å²) in [5.74, 6) is 0.699. The van der Waals surface area contributed by atoms with E-state index in [-0.39, 0.29) is 5.91 Å². The van der Waals surface area contributed by atoms with Crippen LogP contribution in [0.2, 0.25) is 0 Å². The largest absolute Gasteiger partial charge is 0.495 e. The average Bonchev–Trinajstić information content (AvgIpc) is 3.19. The Morgan fingerprint density at radius 1 is 1.03 bits per heavy atom. The van der Waals surface area contributed by atoms with Gasteiger partial charge in [0.25, 0.3) is 5.91 Å². The van der Waals surface area contributed by atoms with Crippen molar-refractivity contribution in [2.24, 2.45) is 0 Å². The fraction of sp³-hybridized carbons (Fsp3) is 0.304. The number of ether oxygens (including phenoxy) is 1. The van der Waals surface area contributed by atoms with Crippen molar-refractivity contribution in [1.82, 2.24) is 9.88 Å². The van der Waals surface area contributed by atoms with Gasteiger partial charge >= 0.3 is 6.18 Å². The summed E-state index contributed by atoms with van der Waals surface area (Å²) in [5, 5.41) is 0.534. The molecule has 1 aliphatic heterocycles. The van der Waals surface area contributed by atoms with Gasteiger partial charge in [0.2, 0.25) is 0 Å². The fourth-order valence-corrected chi connectivity index (χ4v) is 4.74. The molecule has 168 valence electrons. The van der Waals surface area contributed by atoms with E-state index >= 15 is 0 Å². The number of carbonyl (C=O) groups excluding carboxylic acids is 1. The first-order chi connectivity index (χ1) is 15.3. The quantitative estimate of drug-likeness (QED) is 0.542. The smallest absolute Gasteiger partial charge is 0.416 e. The van der Waals surface area contributed by atoms with Gasteiger partial charge in [-0.15, -0.1) is 11.3 Å². The Labute approximate surface area is 188 Å². The summed E-state index contributed by atoms with van der Waals surface area (Å²) in [5.41, 5.74) is 1.44. The highest BCUT2D eigenvalue weighted by molar-refractivity contribution is 7.17. The van der Waals surface area contributed by atoms with E-state index in [4.69, 9.17) is 4.74 Å². The topological polar surface area (TPSA) is 45.7 Å². The number of alkyl halides is 3. The van der Waals surface area contributed by atoms with Crippen LogP contribution in [0.15, 0.2) is 48.5 Å². The van der Waals surface area contributed by atoms with Crippen LogP contribution in [0.25, 0.3) is 10.6 Å². The summed E-state index contributed by atoms with van der Waals surface area (Å²) in [6, 6.07) is 12.6. The number of nitrogens with zero attached hydrogens (tertiary/aromatic N) is 3. The number of halogens is 3. The number of aryl methyl sites for hydroxylation is 1. The molecule has 1 aliphatic rings. The number of methoxy groups -OCH3 is 1. The average molecular weight is 462 g/mol. The van der Waals surface area contributed by atoms with Crippen molar-refractivity contribution in [2.45, 2.75) is 13.1 Å². The third kappa shape index (κ3) is 4.43. The van der Waals surface area contributed by atoms with Crippen LogP contribution >= 0.6 is 11.3 Å². The molecule has 1 saturated heterocycles. The summed E-state index contributed by atoms with van der Waals surface area (Å²) in [6.07, 6.45) is -4.38. The third-order valence-electron chi connectivity index (χ3n) is 5.44. The standard InChI is InChI=1S/C23H22F3N3O2S/c1-15-20(32-21(27-15)16-7-9-17(10-8-16)23(24,25)26)22(30)29-13-11-28(12-14-29)18-5-3-4-6-19(18)31-2/h3-10H,11-14H2,1-2H3. The van der Waals surface area contributed by atoms with Gasteiger partial charge in [-0.25, -0.2) is 4.98 Å².